The molecule has 5 heteroatoms. The molecule has 124 valence electrons. The second kappa shape index (κ2) is 5.78. The highest BCUT2D eigenvalue weighted by Crippen LogP contribution is 2.44. The number of fused-ring (bicyclic) bond motifs is 1. The Balaban J connectivity index is 1.72. The van der Waals surface area contributed by atoms with E-state index in [9.17, 15) is 0 Å². The molecule has 2 saturated carbocycles. The van der Waals surface area contributed by atoms with E-state index in [-0.39, 0.29) is 0 Å². The minimum absolute atomic E-state index is 0.332. The maximum absolute atomic E-state index is 6.07. The van der Waals surface area contributed by atoms with Crippen molar-refractivity contribution in [3.63, 3.8) is 0 Å². The van der Waals surface area contributed by atoms with Gasteiger partial charge in [-0.05, 0) is 51.4 Å². The van der Waals surface area contributed by atoms with E-state index in [0.717, 1.165) is 48.6 Å². The van der Waals surface area contributed by atoms with Crippen molar-refractivity contribution in [3.8, 4) is 0 Å². The fourth-order valence-electron chi connectivity index (χ4n) is 4.02. The number of hydrogen-bond acceptors (Lipinski definition) is 4. The Morgan fingerprint density at radius 2 is 2.17 bits per heavy atom. The van der Waals surface area contributed by atoms with Crippen molar-refractivity contribution in [2.24, 2.45) is 11.7 Å². The van der Waals surface area contributed by atoms with Gasteiger partial charge in [0.25, 0.3) is 0 Å². The summed E-state index contributed by atoms with van der Waals surface area (Å²) in [5.41, 5.74) is 9.44. The molecule has 1 unspecified atom stereocenters. The lowest BCUT2D eigenvalue weighted by molar-refractivity contribution is 0.570. The van der Waals surface area contributed by atoms with Crippen LogP contribution in [0.3, 0.4) is 0 Å². The van der Waals surface area contributed by atoms with Crippen LogP contribution in [-0.2, 0) is 0 Å². The van der Waals surface area contributed by atoms with E-state index in [0.29, 0.717) is 18.0 Å². The van der Waals surface area contributed by atoms with Gasteiger partial charge in [-0.1, -0.05) is 6.92 Å². The van der Waals surface area contributed by atoms with E-state index in [4.69, 9.17) is 10.7 Å². The molecule has 2 aromatic heterocycles. The summed E-state index contributed by atoms with van der Waals surface area (Å²) in [6.07, 6.45) is 9.06. The van der Waals surface area contributed by atoms with Crippen LogP contribution < -0.4 is 11.1 Å². The van der Waals surface area contributed by atoms with Crippen molar-refractivity contribution in [3.05, 3.63) is 23.5 Å². The summed E-state index contributed by atoms with van der Waals surface area (Å²) in [7, 11) is 0. The first-order valence-electron chi connectivity index (χ1n) is 9.03. The van der Waals surface area contributed by atoms with Crippen LogP contribution in [0, 0.1) is 12.8 Å². The topological polar surface area (TPSA) is 68.2 Å². The molecular formula is C18H27N5. The molecule has 2 fully saturated rings. The van der Waals surface area contributed by atoms with Crippen molar-refractivity contribution in [2.75, 3.05) is 5.32 Å². The number of nitrogens with one attached hydrogen (secondary N) is 1. The second-order valence-electron chi connectivity index (χ2n) is 7.40. The minimum atomic E-state index is 0.332. The lowest BCUT2D eigenvalue weighted by Gasteiger charge is -2.19. The van der Waals surface area contributed by atoms with E-state index in [2.05, 4.69) is 30.3 Å². The lowest BCUT2D eigenvalue weighted by Crippen LogP contribution is -2.22. The number of rotatable bonds is 5. The number of aromatic nitrogens is 3. The van der Waals surface area contributed by atoms with Crippen LogP contribution in [0.2, 0.25) is 0 Å². The van der Waals surface area contributed by atoms with Crippen LogP contribution in [0.1, 0.15) is 62.6 Å². The molecule has 0 aromatic carbocycles. The average Bonchev–Trinajstić information content (AvgIpc) is 3.18. The summed E-state index contributed by atoms with van der Waals surface area (Å²) in [6.45, 7) is 4.37. The van der Waals surface area contributed by atoms with Crippen molar-refractivity contribution in [1.29, 1.82) is 0 Å². The van der Waals surface area contributed by atoms with Crippen molar-refractivity contribution < 1.29 is 0 Å². The average molecular weight is 313 g/mol. The monoisotopic (exact) mass is 313 g/mol. The summed E-state index contributed by atoms with van der Waals surface area (Å²) >= 11 is 0. The van der Waals surface area contributed by atoms with Crippen molar-refractivity contribution in [2.45, 2.75) is 70.4 Å². The summed E-state index contributed by atoms with van der Waals surface area (Å²) < 4.78 is 1.96. The number of nitrogens with two attached hydrogens (primary N) is 1. The number of nitrogens with zero attached hydrogens (tertiary/aromatic N) is 3. The zero-order chi connectivity index (χ0) is 16.0. The third-order valence-corrected chi connectivity index (χ3v) is 5.50. The fraction of sp³-hybridized carbons (Fsp3) is 0.667. The van der Waals surface area contributed by atoms with Gasteiger partial charge in [-0.2, -0.15) is 9.61 Å². The predicted octanol–water partition coefficient (Wildman–Crippen LogP) is 3.23. The number of anilines is 1. The zero-order valence-electron chi connectivity index (χ0n) is 14.1. The largest absolute Gasteiger partial charge is 0.367 e. The highest BCUT2D eigenvalue weighted by Gasteiger charge is 2.33. The molecule has 2 aliphatic carbocycles. The zero-order valence-corrected chi connectivity index (χ0v) is 14.1. The molecule has 0 radical (unpaired) electrons. The quantitative estimate of drug-likeness (QED) is 0.889. The minimum Gasteiger partial charge on any atom is -0.367 e. The normalized spacial score (nSPS) is 25.9. The molecule has 2 aliphatic rings. The van der Waals surface area contributed by atoms with Gasteiger partial charge in [0, 0.05) is 35.3 Å². The van der Waals surface area contributed by atoms with Gasteiger partial charge in [-0.25, -0.2) is 4.98 Å². The Bertz CT molecular complexity index is 703. The first kappa shape index (κ1) is 14.9. The molecule has 0 saturated heterocycles. The summed E-state index contributed by atoms with van der Waals surface area (Å²) in [5.74, 6) is 2.49. The SMILES string of the molecule is CCC(c1cc(N[C@H]2CC[C@H](N)C2)n2ncc(C)c2n1)C1CC1. The molecule has 0 spiro atoms. The molecule has 0 amide bonds. The smallest absolute Gasteiger partial charge is 0.160 e. The number of aryl methyl sites for hydroxylation is 1. The lowest BCUT2D eigenvalue weighted by atomic mass is 9.96. The van der Waals surface area contributed by atoms with Crippen molar-refractivity contribution >= 4 is 11.5 Å². The molecule has 3 atom stereocenters. The highest BCUT2D eigenvalue weighted by molar-refractivity contribution is 5.54. The summed E-state index contributed by atoms with van der Waals surface area (Å²) in [5, 5.41) is 8.21. The Morgan fingerprint density at radius 3 is 2.83 bits per heavy atom. The first-order valence-corrected chi connectivity index (χ1v) is 9.03. The molecular weight excluding hydrogens is 286 g/mol. The second-order valence-corrected chi connectivity index (χ2v) is 7.40. The Hall–Kier alpha value is -1.62. The van der Waals surface area contributed by atoms with E-state index >= 15 is 0 Å². The van der Waals surface area contributed by atoms with Gasteiger partial charge in [0.15, 0.2) is 5.65 Å². The molecule has 23 heavy (non-hydrogen) atoms. The summed E-state index contributed by atoms with van der Waals surface area (Å²) in [6, 6.07) is 3.02. The van der Waals surface area contributed by atoms with Crippen LogP contribution in [0.15, 0.2) is 12.3 Å². The van der Waals surface area contributed by atoms with Gasteiger partial charge < -0.3 is 11.1 Å². The third-order valence-electron chi connectivity index (χ3n) is 5.50. The standard InChI is InChI=1S/C18H27N5/c1-3-15(12-4-5-12)16-9-17(21-14-7-6-13(19)8-14)23-18(22-16)11(2)10-20-23/h9-10,12-15,21H,3-8,19H2,1-2H3/t13-,14-,15?/m0/s1. The van der Waals surface area contributed by atoms with E-state index in [1.54, 1.807) is 0 Å². The van der Waals surface area contributed by atoms with Crippen LogP contribution >= 0.6 is 0 Å². The van der Waals surface area contributed by atoms with Crippen molar-refractivity contribution in [1.82, 2.24) is 14.6 Å². The van der Waals surface area contributed by atoms with E-state index in [1.807, 2.05) is 10.7 Å². The maximum atomic E-state index is 6.07. The number of hydrogen-bond donors (Lipinski definition) is 2. The van der Waals surface area contributed by atoms with Gasteiger partial charge in [0.05, 0.1) is 6.20 Å². The molecule has 2 aromatic rings. The van der Waals surface area contributed by atoms with Gasteiger partial charge in [0.2, 0.25) is 0 Å². The maximum Gasteiger partial charge on any atom is 0.160 e. The molecule has 3 N–H and O–H groups in total. The van der Waals surface area contributed by atoms with E-state index < -0.39 is 0 Å². The Kier molecular flexibility index (Phi) is 3.76. The predicted molar refractivity (Wildman–Crippen MR) is 92.7 cm³/mol. The molecule has 2 heterocycles. The third kappa shape index (κ3) is 2.82. The van der Waals surface area contributed by atoms with Crippen LogP contribution in [0.25, 0.3) is 5.65 Å². The van der Waals surface area contributed by atoms with Gasteiger partial charge in [-0.3, -0.25) is 0 Å². The Labute approximate surface area is 137 Å². The molecule has 4 rings (SSSR count). The molecule has 5 nitrogen and oxygen atoms in total. The fourth-order valence-corrected chi connectivity index (χ4v) is 4.02. The van der Waals surface area contributed by atoms with Crippen LogP contribution in [-0.4, -0.2) is 26.7 Å². The van der Waals surface area contributed by atoms with Gasteiger partial charge in [-0.15, -0.1) is 0 Å². The van der Waals surface area contributed by atoms with Gasteiger partial charge in [0.1, 0.15) is 5.82 Å². The van der Waals surface area contributed by atoms with Crippen LogP contribution in [0.5, 0.6) is 0 Å². The van der Waals surface area contributed by atoms with E-state index in [1.165, 1.54) is 18.5 Å². The molecule has 0 bridgehead atoms. The van der Waals surface area contributed by atoms with Crippen LogP contribution in [0.4, 0.5) is 5.82 Å². The Morgan fingerprint density at radius 1 is 1.35 bits per heavy atom. The summed E-state index contributed by atoms with van der Waals surface area (Å²) in [4.78, 5) is 4.95. The highest BCUT2D eigenvalue weighted by atomic mass is 15.3. The van der Waals surface area contributed by atoms with Gasteiger partial charge >= 0.3 is 0 Å². The molecule has 0 aliphatic heterocycles. The first-order chi connectivity index (χ1) is 11.2.